The molecular weight excluding hydrogens is 374 g/mol. The van der Waals surface area contributed by atoms with Gasteiger partial charge in [0.1, 0.15) is 11.4 Å². The van der Waals surface area contributed by atoms with Crippen LogP contribution in [0.25, 0.3) is 5.69 Å². The number of hydrogen-bond acceptors (Lipinski definition) is 5. The van der Waals surface area contributed by atoms with Crippen molar-refractivity contribution < 1.29 is 14.6 Å². The predicted octanol–water partition coefficient (Wildman–Crippen LogP) is 1.83. The number of aromatic nitrogens is 4. The van der Waals surface area contributed by atoms with Crippen LogP contribution in [0.15, 0.2) is 53.7 Å². The first kappa shape index (κ1) is 18.9. The number of carbonyl (C=O) groups is 1. The molecule has 4 rings (SSSR count). The molecule has 1 N–H and O–H groups in total. The van der Waals surface area contributed by atoms with Crippen LogP contribution in [0.4, 0.5) is 10.5 Å². The van der Waals surface area contributed by atoms with Crippen LogP contribution in [0.1, 0.15) is 17.7 Å². The summed E-state index contributed by atoms with van der Waals surface area (Å²) in [7, 11) is 1.81. The molecule has 150 valence electrons. The van der Waals surface area contributed by atoms with Gasteiger partial charge in [-0.2, -0.15) is 10.2 Å². The van der Waals surface area contributed by atoms with E-state index in [1.807, 2.05) is 6.07 Å². The van der Waals surface area contributed by atoms with Gasteiger partial charge in [-0.15, -0.1) is 0 Å². The van der Waals surface area contributed by atoms with Crippen LogP contribution in [0, 0.1) is 0 Å². The summed E-state index contributed by atoms with van der Waals surface area (Å²) in [6.07, 6.45) is 5.10. The molecule has 1 unspecified atom stereocenters. The lowest BCUT2D eigenvalue weighted by atomic mass is 10.1. The number of rotatable bonds is 6. The Labute approximate surface area is 166 Å². The molecule has 29 heavy (non-hydrogen) atoms. The van der Waals surface area contributed by atoms with Gasteiger partial charge in [0.2, 0.25) is 5.43 Å². The molecule has 1 amide bonds. The Kier molecular flexibility index (Phi) is 5.13. The fraction of sp³-hybridized carbons (Fsp3) is 0.300. The quantitative estimate of drug-likeness (QED) is 0.683. The SMILES string of the molecule is Cn1cc(-n2ccc(=O)c(Cc3cccc(N(CC4CCO4)C(=O)O)c3)n2)cn1. The summed E-state index contributed by atoms with van der Waals surface area (Å²) in [6, 6.07) is 8.62. The predicted molar refractivity (Wildman–Crippen MR) is 106 cm³/mol. The van der Waals surface area contributed by atoms with Gasteiger partial charge < -0.3 is 9.84 Å². The highest BCUT2D eigenvalue weighted by Gasteiger charge is 2.25. The molecule has 1 aliphatic rings. The zero-order valence-corrected chi connectivity index (χ0v) is 15.9. The van der Waals surface area contributed by atoms with Gasteiger partial charge in [0.15, 0.2) is 0 Å². The fourth-order valence-corrected chi connectivity index (χ4v) is 3.19. The average molecular weight is 395 g/mol. The summed E-state index contributed by atoms with van der Waals surface area (Å²) < 4.78 is 8.63. The Morgan fingerprint density at radius 2 is 2.21 bits per heavy atom. The highest BCUT2D eigenvalue weighted by atomic mass is 16.5. The van der Waals surface area contributed by atoms with Crippen LogP contribution in [0.3, 0.4) is 0 Å². The van der Waals surface area contributed by atoms with E-state index >= 15 is 0 Å². The van der Waals surface area contributed by atoms with Gasteiger partial charge in [0.05, 0.1) is 25.0 Å². The Bertz CT molecular complexity index is 1090. The van der Waals surface area contributed by atoms with Gasteiger partial charge in [-0.1, -0.05) is 12.1 Å². The monoisotopic (exact) mass is 395 g/mol. The summed E-state index contributed by atoms with van der Waals surface area (Å²) in [5.41, 5.74) is 2.30. The van der Waals surface area contributed by atoms with Crippen molar-refractivity contribution in [1.29, 1.82) is 0 Å². The van der Waals surface area contributed by atoms with Gasteiger partial charge >= 0.3 is 6.09 Å². The van der Waals surface area contributed by atoms with E-state index in [4.69, 9.17) is 4.74 Å². The number of amides is 1. The maximum Gasteiger partial charge on any atom is 0.411 e. The number of hydrogen-bond donors (Lipinski definition) is 1. The highest BCUT2D eigenvalue weighted by molar-refractivity contribution is 5.86. The lowest BCUT2D eigenvalue weighted by Gasteiger charge is -2.31. The minimum absolute atomic E-state index is 0.0720. The van der Waals surface area contributed by atoms with Crippen LogP contribution in [0.5, 0.6) is 0 Å². The summed E-state index contributed by atoms with van der Waals surface area (Å²) >= 11 is 0. The number of carboxylic acid groups (broad SMARTS) is 1. The molecule has 9 heteroatoms. The molecule has 1 atom stereocenters. The van der Waals surface area contributed by atoms with Gasteiger partial charge in [-0.05, 0) is 24.1 Å². The van der Waals surface area contributed by atoms with Gasteiger partial charge in [-0.3, -0.25) is 14.4 Å². The van der Waals surface area contributed by atoms with Crippen molar-refractivity contribution in [3.63, 3.8) is 0 Å². The van der Waals surface area contributed by atoms with E-state index in [9.17, 15) is 14.7 Å². The van der Waals surface area contributed by atoms with Crippen LogP contribution in [-0.2, 0) is 18.2 Å². The Morgan fingerprint density at radius 1 is 1.38 bits per heavy atom. The molecule has 3 aromatic rings. The van der Waals surface area contributed by atoms with E-state index in [2.05, 4.69) is 10.2 Å². The van der Waals surface area contributed by atoms with Crippen LogP contribution >= 0.6 is 0 Å². The molecule has 1 fully saturated rings. The molecule has 0 bridgehead atoms. The average Bonchev–Trinajstić information content (AvgIpc) is 3.09. The third-order valence-electron chi connectivity index (χ3n) is 4.84. The minimum atomic E-state index is -1.03. The number of aryl methyl sites for hydroxylation is 1. The van der Waals surface area contributed by atoms with E-state index < -0.39 is 6.09 Å². The molecule has 2 aromatic heterocycles. The van der Waals surface area contributed by atoms with Crippen molar-refractivity contribution in [1.82, 2.24) is 19.6 Å². The Balaban J connectivity index is 1.59. The Hall–Kier alpha value is -3.46. The molecule has 1 saturated heterocycles. The summed E-state index contributed by atoms with van der Waals surface area (Å²) in [5.74, 6) is 0. The molecule has 0 saturated carbocycles. The molecule has 0 spiro atoms. The van der Waals surface area contributed by atoms with Crippen molar-refractivity contribution in [3.05, 3.63) is 70.4 Å². The largest absolute Gasteiger partial charge is 0.465 e. The first-order valence-corrected chi connectivity index (χ1v) is 9.28. The summed E-state index contributed by atoms with van der Waals surface area (Å²) in [5, 5.41) is 18.1. The van der Waals surface area contributed by atoms with E-state index in [1.54, 1.807) is 53.2 Å². The third kappa shape index (κ3) is 4.19. The lowest BCUT2D eigenvalue weighted by molar-refractivity contribution is -0.0441. The second-order valence-electron chi connectivity index (χ2n) is 6.96. The zero-order valence-electron chi connectivity index (χ0n) is 15.9. The normalized spacial score (nSPS) is 15.7. The van der Waals surface area contributed by atoms with Crippen molar-refractivity contribution in [2.75, 3.05) is 18.1 Å². The molecule has 3 heterocycles. The minimum Gasteiger partial charge on any atom is -0.465 e. The number of nitrogens with zero attached hydrogens (tertiary/aromatic N) is 5. The van der Waals surface area contributed by atoms with E-state index in [-0.39, 0.29) is 18.1 Å². The summed E-state index contributed by atoms with van der Waals surface area (Å²) in [4.78, 5) is 25.3. The molecule has 9 nitrogen and oxygen atoms in total. The van der Waals surface area contributed by atoms with Gasteiger partial charge in [0.25, 0.3) is 0 Å². The molecule has 1 aromatic carbocycles. The van der Waals surface area contributed by atoms with Crippen LogP contribution < -0.4 is 10.3 Å². The Morgan fingerprint density at radius 3 is 2.86 bits per heavy atom. The molecule has 1 aliphatic heterocycles. The highest BCUT2D eigenvalue weighted by Crippen LogP contribution is 2.21. The van der Waals surface area contributed by atoms with E-state index in [0.717, 1.165) is 17.7 Å². The number of anilines is 1. The van der Waals surface area contributed by atoms with Gasteiger partial charge in [0, 0.05) is 38.0 Å². The molecular formula is C20H21N5O4. The number of benzene rings is 1. The van der Waals surface area contributed by atoms with Crippen molar-refractivity contribution in [2.45, 2.75) is 18.9 Å². The first-order chi connectivity index (χ1) is 14.0. The second-order valence-corrected chi connectivity index (χ2v) is 6.96. The first-order valence-electron chi connectivity index (χ1n) is 9.28. The topological polar surface area (TPSA) is 102 Å². The van der Waals surface area contributed by atoms with Crippen LogP contribution in [-0.4, -0.2) is 50.0 Å². The standard InChI is InChI=1S/C20H21N5O4/c1-23-12-16(11-21-23)25-7-5-19(26)18(22-25)10-14-3-2-4-15(9-14)24(20(27)28)13-17-6-8-29-17/h2-5,7,9,11-12,17H,6,8,10,13H2,1H3,(H,27,28). The van der Waals surface area contributed by atoms with Crippen LogP contribution in [0.2, 0.25) is 0 Å². The molecule has 0 radical (unpaired) electrons. The van der Waals surface area contributed by atoms with Crippen molar-refractivity contribution in [3.8, 4) is 5.69 Å². The fourth-order valence-electron chi connectivity index (χ4n) is 3.19. The van der Waals surface area contributed by atoms with Crippen molar-refractivity contribution >= 4 is 11.8 Å². The van der Waals surface area contributed by atoms with E-state index in [0.29, 0.717) is 24.4 Å². The maximum atomic E-state index is 12.3. The zero-order chi connectivity index (χ0) is 20.4. The lowest BCUT2D eigenvalue weighted by Crippen LogP contribution is -2.42. The second kappa shape index (κ2) is 7.88. The van der Waals surface area contributed by atoms with Gasteiger partial charge in [-0.25, -0.2) is 9.48 Å². The maximum absolute atomic E-state index is 12.3. The smallest absolute Gasteiger partial charge is 0.411 e. The summed E-state index contributed by atoms with van der Waals surface area (Å²) in [6.45, 7) is 0.956. The van der Waals surface area contributed by atoms with Crippen molar-refractivity contribution in [2.24, 2.45) is 7.05 Å². The third-order valence-corrected chi connectivity index (χ3v) is 4.84. The number of ether oxygens (including phenoxy) is 1. The molecule has 0 aliphatic carbocycles. The van der Waals surface area contributed by atoms with E-state index in [1.165, 1.54) is 11.0 Å².